The van der Waals surface area contributed by atoms with Gasteiger partial charge in [0.2, 0.25) is 0 Å². The van der Waals surface area contributed by atoms with E-state index in [0.29, 0.717) is 25.9 Å². The number of rotatable bonds is 9. The molecule has 0 fully saturated rings. The molecule has 0 aliphatic carbocycles. The Labute approximate surface area is 157 Å². The van der Waals surface area contributed by atoms with Crippen LogP contribution in [0.3, 0.4) is 0 Å². The van der Waals surface area contributed by atoms with Gasteiger partial charge in [0.25, 0.3) is 23.6 Å². The van der Waals surface area contributed by atoms with Crippen LogP contribution >= 0.6 is 44.8 Å². The molecule has 24 heavy (non-hydrogen) atoms. The summed E-state index contributed by atoms with van der Waals surface area (Å²) in [5, 5.41) is -0.0785. The quantitative estimate of drug-likeness (QED) is 0.330. The van der Waals surface area contributed by atoms with Crippen molar-refractivity contribution in [3.8, 4) is 0 Å². The fraction of sp³-hybridized carbons (Fsp3) is 0.429. The number of nitrogens with zero attached hydrogens (tertiary/aromatic N) is 2. The van der Waals surface area contributed by atoms with Gasteiger partial charge in [-0.1, -0.05) is 44.8 Å². The Morgan fingerprint density at radius 2 is 1.12 bits per heavy atom. The van der Waals surface area contributed by atoms with Crippen LogP contribution in [0.15, 0.2) is 22.2 Å². The van der Waals surface area contributed by atoms with Crippen molar-refractivity contribution in [2.75, 3.05) is 24.6 Å². The molecule has 10 heteroatoms. The standard InChI is InChI=1S/C14H14Cl2N2O4S2/c15-9-7-11(19)17(13(9)21)3-1-5-23-24-6-2-4-18-12(20)8-10(16)14(18)22/h7-8H,1-6H2. The Morgan fingerprint density at radius 3 is 1.42 bits per heavy atom. The molecule has 0 radical (unpaired) electrons. The first-order valence-corrected chi connectivity index (χ1v) is 10.4. The van der Waals surface area contributed by atoms with Crippen molar-refractivity contribution in [2.45, 2.75) is 12.8 Å². The normalized spacial score (nSPS) is 17.9. The summed E-state index contributed by atoms with van der Waals surface area (Å²) in [7, 11) is 3.23. The number of amides is 4. The topological polar surface area (TPSA) is 74.8 Å². The molecule has 0 spiro atoms. The van der Waals surface area contributed by atoms with E-state index in [4.69, 9.17) is 23.2 Å². The van der Waals surface area contributed by atoms with Crippen LogP contribution in [0.2, 0.25) is 0 Å². The van der Waals surface area contributed by atoms with Crippen LogP contribution in [0.1, 0.15) is 12.8 Å². The number of imide groups is 2. The van der Waals surface area contributed by atoms with E-state index in [9.17, 15) is 19.2 Å². The lowest BCUT2D eigenvalue weighted by molar-refractivity contribution is -0.138. The molecule has 0 N–H and O–H groups in total. The number of hydrogen-bond acceptors (Lipinski definition) is 6. The zero-order chi connectivity index (χ0) is 17.7. The van der Waals surface area contributed by atoms with Crippen LogP contribution in [0.25, 0.3) is 0 Å². The smallest absolute Gasteiger partial charge is 0.272 e. The number of hydrogen-bond donors (Lipinski definition) is 0. The molecule has 130 valence electrons. The second kappa shape index (κ2) is 8.94. The van der Waals surface area contributed by atoms with Gasteiger partial charge in [-0.05, 0) is 12.8 Å². The van der Waals surface area contributed by atoms with Crippen molar-refractivity contribution >= 4 is 68.4 Å². The molecule has 0 saturated heterocycles. The lowest BCUT2D eigenvalue weighted by Crippen LogP contribution is -2.31. The van der Waals surface area contributed by atoms with Gasteiger partial charge >= 0.3 is 0 Å². The predicted molar refractivity (Wildman–Crippen MR) is 95.5 cm³/mol. The van der Waals surface area contributed by atoms with Crippen molar-refractivity contribution < 1.29 is 19.2 Å². The maximum absolute atomic E-state index is 11.5. The average molecular weight is 409 g/mol. The van der Waals surface area contributed by atoms with Gasteiger partial charge in [0.15, 0.2) is 0 Å². The van der Waals surface area contributed by atoms with Crippen LogP contribution in [0, 0.1) is 0 Å². The summed E-state index contributed by atoms with van der Waals surface area (Å²) < 4.78 is 0. The summed E-state index contributed by atoms with van der Waals surface area (Å²) >= 11 is 11.2. The lowest BCUT2D eigenvalue weighted by atomic mass is 10.4. The minimum Gasteiger partial charge on any atom is -0.274 e. The fourth-order valence-corrected chi connectivity index (χ4v) is 4.59. The molecular weight excluding hydrogens is 395 g/mol. The van der Waals surface area contributed by atoms with Crippen LogP contribution < -0.4 is 0 Å². The molecule has 0 aromatic carbocycles. The Kier molecular flexibility index (Phi) is 7.21. The third kappa shape index (κ3) is 4.78. The highest BCUT2D eigenvalue weighted by molar-refractivity contribution is 8.76. The molecule has 2 heterocycles. The molecule has 0 unspecified atom stereocenters. The van der Waals surface area contributed by atoms with E-state index < -0.39 is 11.8 Å². The molecular formula is C14H14Cl2N2O4S2. The third-order valence-electron chi connectivity index (χ3n) is 3.23. The first kappa shape index (κ1) is 19.4. The summed E-state index contributed by atoms with van der Waals surface area (Å²) in [5.41, 5.74) is 0. The van der Waals surface area contributed by atoms with Gasteiger partial charge in [0, 0.05) is 36.7 Å². The monoisotopic (exact) mass is 408 g/mol. The highest BCUT2D eigenvalue weighted by Crippen LogP contribution is 2.24. The fourth-order valence-electron chi connectivity index (χ4n) is 2.06. The minimum absolute atomic E-state index is 0.0392. The van der Waals surface area contributed by atoms with Gasteiger partial charge in [-0.2, -0.15) is 0 Å². The van der Waals surface area contributed by atoms with E-state index in [2.05, 4.69) is 0 Å². The van der Waals surface area contributed by atoms with Crippen molar-refractivity contribution in [3.63, 3.8) is 0 Å². The molecule has 0 bridgehead atoms. The predicted octanol–water partition coefficient (Wildman–Crippen LogP) is 2.13. The molecule has 0 aromatic rings. The van der Waals surface area contributed by atoms with Crippen LogP contribution in [-0.2, 0) is 19.2 Å². The van der Waals surface area contributed by atoms with Crippen molar-refractivity contribution in [1.29, 1.82) is 0 Å². The zero-order valence-electron chi connectivity index (χ0n) is 12.5. The third-order valence-corrected chi connectivity index (χ3v) is 6.35. The van der Waals surface area contributed by atoms with Crippen molar-refractivity contribution in [3.05, 3.63) is 22.2 Å². The SMILES string of the molecule is O=C1C=C(Cl)C(=O)N1CCCSSCCCN1C(=O)C=C(Cl)C1=O. The first-order valence-electron chi connectivity index (χ1n) is 7.12. The van der Waals surface area contributed by atoms with Crippen LogP contribution in [-0.4, -0.2) is 58.0 Å². The molecule has 2 aliphatic heterocycles. The van der Waals surface area contributed by atoms with E-state index in [0.717, 1.165) is 33.5 Å². The van der Waals surface area contributed by atoms with E-state index in [1.54, 1.807) is 21.6 Å². The highest BCUT2D eigenvalue weighted by Gasteiger charge is 2.30. The lowest BCUT2D eigenvalue weighted by Gasteiger charge is -2.14. The summed E-state index contributed by atoms with van der Waals surface area (Å²) in [6.45, 7) is 0.692. The number of carbonyl (C=O) groups is 4. The number of halogens is 2. The number of carbonyl (C=O) groups excluding carboxylic acids is 4. The zero-order valence-corrected chi connectivity index (χ0v) is 15.6. The first-order chi connectivity index (χ1) is 11.4. The molecule has 0 aromatic heterocycles. The van der Waals surface area contributed by atoms with Crippen LogP contribution in [0.5, 0.6) is 0 Å². The Morgan fingerprint density at radius 1 is 0.750 bits per heavy atom. The van der Waals surface area contributed by atoms with Gasteiger partial charge in [0.1, 0.15) is 10.1 Å². The second-order valence-electron chi connectivity index (χ2n) is 4.93. The Hall–Kier alpha value is -0.960. The summed E-state index contributed by atoms with van der Waals surface area (Å²) in [6.07, 6.45) is 3.62. The molecule has 2 aliphatic rings. The summed E-state index contributed by atoms with van der Waals surface area (Å²) in [6, 6.07) is 0. The highest BCUT2D eigenvalue weighted by atomic mass is 35.5. The largest absolute Gasteiger partial charge is 0.274 e. The van der Waals surface area contributed by atoms with Gasteiger partial charge < -0.3 is 0 Å². The van der Waals surface area contributed by atoms with Gasteiger partial charge in [-0.25, -0.2) is 0 Å². The van der Waals surface area contributed by atoms with E-state index in [1.165, 1.54) is 0 Å². The average Bonchev–Trinajstić information content (AvgIpc) is 2.91. The maximum atomic E-state index is 11.5. The molecule has 0 atom stereocenters. The summed E-state index contributed by atoms with van der Waals surface area (Å²) in [4.78, 5) is 48.3. The molecule has 4 amide bonds. The van der Waals surface area contributed by atoms with Crippen molar-refractivity contribution in [2.24, 2.45) is 0 Å². The molecule has 6 nitrogen and oxygen atoms in total. The summed E-state index contributed by atoms with van der Waals surface area (Å²) in [5.74, 6) is -0.0642. The second-order valence-corrected chi connectivity index (χ2v) is 8.44. The maximum Gasteiger partial charge on any atom is 0.272 e. The van der Waals surface area contributed by atoms with E-state index >= 15 is 0 Å². The van der Waals surface area contributed by atoms with E-state index in [1.807, 2.05) is 0 Å². The van der Waals surface area contributed by atoms with Gasteiger partial charge in [0.05, 0.1) is 0 Å². The Bertz CT molecular complexity index is 582. The minimum atomic E-state index is -0.438. The van der Waals surface area contributed by atoms with Crippen molar-refractivity contribution in [1.82, 2.24) is 9.80 Å². The molecule has 2 rings (SSSR count). The van der Waals surface area contributed by atoms with Crippen LogP contribution in [0.4, 0.5) is 0 Å². The van der Waals surface area contributed by atoms with Gasteiger partial charge in [-0.15, -0.1) is 0 Å². The molecule has 0 saturated carbocycles. The van der Waals surface area contributed by atoms with E-state index in [-0.39, 0.29) is 21.9 Å². The Balaban J connectivity index is 1.51. The van der Waals surface area contributed by atoms with Gasteiger partial charge in [-0.3, -0.25) is 29.0 Å².